The van der Waals surface area contributed by atoms with Crippen LogP contribution in [0.15, 0.2) is 53.4 Å². The molecular formula is C20H24O2S. The Kier molecular flexibility index (Phi) is 5.50. The van der Waals surface area contributed by atoms with Gasteiger partial charge in [-0.2, -0.15) is 0 Å². The first-order chi connectivity index (χ1) is 11.3. The molecule has 2 aromatic rings. The first-order valence-corrected chi connectivity index (χ1v) is 9.71. The fourth-order valence-corrected chi connectivity index (χ4v) is 4.73. The van der Waals surface area contributed by atoms with Crippen LogP contribution in [0, 0.1) is 5.92 Å². The van der Waals surface area contributed by atoms with Gasteiger partial charge in [-0.05, 0) is 42.5 Å². The molecule has 1 aliphatic carbocycles. The van der Waals surface area contributed by atoms with Gasteiger partial charge >= 0.3 is 0 Å². The molecule has 0 N–H and O–H groups in total. The largest absolute Gasteiger partial charge is 0.496 e. The van der Waals surface area contributed by atoms with Crippen molar-refractivity contribution in [1.29, 1.82) is 0 Å². The lowest BCUT2D eigenvalue weighted by molar-refractivity contribution is 0.388. The number of methoxy groups -OCH3 is 1. The van der Waals surface area contributed by atoms with Crippen LogP contribution in [0.5, 0.6) is 5.75 Å². The van der Waals surface area contributed by atoms with Crippen molar-refractivity contribution >= 4 is 10.8 Å². The summed E-state index contributed by atoms with van der Waals surface area (Å²) in [6.45, 7) is 0. The van der Waals surface area contributed by atoms with E-state index in [0.717, 1.165) is 27.5 Å². The Balaban J connectivity index is 1.72. The van der Waals surface area contributed by atoms with Crippen LogP contribution >= 0.6 is 0 Å². The van der Waals surface area contributed by atoms with E-state index < -0.39 is 10.8 Å². The van der Waals surface area contributed by atoms with Gasteiger partial charge in [0.25, 0.3) is 0 Å². The fourth-order valence-electron chi connectivity index (χ4n) is 3.33. The topological polar surface area (TPSA) is 26.3 Å². The maximum atomic E-state index is 12.6. The monoisotopic (exact) mass is 328 g/mol. The van der Waals surface area contributed by atoms with E-state index in [-0.39, 0.29) is 0 Å². The molecule has 1 aliphatic rings. The van der Waals surface area contributed by atoms with E-state index in [1.807, 2.05) is 48.5 Å². The molecule has 0 radical (unpaired) electrons. The Labute approximate surface area is 141 Å². The minimum atomic E-state index is -0.884. The summed E-state index contributed by atoms with van der Waals surface area (Å²) < 4.78 is 18.0. The van der Waals surface area contributed by atoms with Crippen molar-refractivity contribution in [3.8, 4) is 16.9 Å². The molecule has 0 saturated heterocycles. The molecule has 1 saturated carbocycles. The average Bonchev–Trinajstić information content (AvgIpc) is 2.62. The Morgan fingerprint density at radius 3 is 2.39 bits per heavy atom. The second-order valence-electron chi connectivity index (χ2n) is 6.24. The normalized spacial score (nSPS) is 16.9. The third kappa shape index (κ3) is 4.03. The van der Waals surface area contributed by atoms with Gasteiger partial charge in [0, 0.05) is 16.2 Å². The molecule has 1 atom stereocenters. The number of hydrogen-bond donors (Lipinski definition) is 0. The molecular weight excluding hydrogens is 304 g/mol. The number of hydrogen-bond acceptors (Lipinski definition) is 2. The van der Waals surface area contributed by atoms with Crippen molar-refractivity contribution in [3.05, 3.63) is 48.5 Å². The first kappa shape index (κ1) is 16.3. The molecule has 2 aromatic carbocycles. The third-order valence-corrected chi connectivity index (χ3v) is 6.22. The van der Waals surface area contributed by atoms with E-state index >= 15 is 0 Å². The highest BCUT2D eigenvalue weighted by Crippen LogP contribution is 2.30. The van der Waals surface area contributed by atoms with Gasteiger partial charge in [0.1, 0.15) is 5.75 Å². The maximum absolute atomic E-state index is 12.6. The van der Waals surface area contributed by atoms with Crippen LogP contribution in [0.4, 0.5) is 0 Å². The zero-order chi connectivity index (χ0) is 16.1. The van der Waals surface area contributed by atoms with E-state index in [0.29, 0.717) is 5.92 Å². The molecule has 3 rings (SSSR count). The van der Waals surface area contributed by atoms with E-state index in [2.05, 4.69) is 0 Å². The quantitative estimate of drug-likeness (QED) is 0.767. The van der Waals surface area contributed by atoms with Crippen molar-refractivity contribution in [2.24, 2.45) is 5.92 Å². The van der Waals surface area contributed by atoms with Gasteiger partial charge in [-0.1, -0.05) is 49.6 Å². The molecule has 122 valence electrons. The minimum absolute atomic E-state index is 0.637. The van der Waals surface area contributed by atoms with Gasteiger partial charge in [0.2, 0.25) is 0 Å². The van der Waals surface area contributed by atoms with Gasteiger partial charge in [0.15, 0.2) is 0 Å². The van der Waals surface area contributed by atoms with E-state index in [4.69, 9.17) is 4.74 Å². The molecule has 1 unspecified atom stereocenters. The Hall–Kier alpha value is -1.61. The fraction of sp³-hybridized carbons (Fsp3) is 0.400. The smallest absolute Gasteiger partial charge is 0.126 e. The summed E-state index contributed by atoms with van der Waals surface area (Å²) >= 11 is 0. The Morgan fingerprint density at radius 2 is 1.70 bits per heavy atom. The lowest BCUT2D eigenvalue weighted by Crippen LogP contribution is -2.14. The van der Waals surface area contributed by atoms with E-state index in [1.165, 1.54) is 32.1 Å². The molecule has 3 heteroatoms. The predicted octanol–water partition coefficient (Wildman–Crippen LogP) is 5.05. The van der Waals surface area contributed by atoms with Gasteiger partial charge in [-0.3, -0.25) is 4.21 Å². The van der Waals surface area contributed by atoms with Crippen LogP contribution in [0.25, 0.3) is 11.1 Å². The highest BCUT2D eigenvalue weighted by atomic mass is 32.2. The van der Waals surface area contributed by atoms with E-state index in [1.54, 1.807) is 7.11 Å². The zero-order valence-corrected chi connectivity index (χ0v) is 14.5. The maximum Gasteiger partial charge on any atom is 0.126 e. The SMILES string of the molecule is COc1ccccc1-c1ccc(S(=O)CC2CCCCC2)cc1. The molecule has 0 aliphatic heterocycles. The summed E-state index contributed by atoms with van der Waals surface area (Å²) in [5.74, 6) is 2.32. The third-order valence-electron chi connectivity index (χ3n) is 4.65. The predicted molar refractivity (Wildman–Crippen MR) is 96.3 cm³/mol. The number of ether oxygens (including phenoxy) is 1. The average molecular weight is 328 g/mol. The minimum Gasteiger partial charge on any atom is -0.496 e. The summed E-state index contributed by atoms with van der Waals surface area (Å²) in [7, 11) is 0.803. The van der Waals surface area contributed by atoms with Gasteiger partial charge in [-0.25, -0.2) is 0 Å². The van der Waals surface area contributed by atoms with Crippen molar-refractivity contribution < 1.29 is 8.95 Å². The standard InChI is InChI=1S/C20H24O2S/c1-22-20-10-6-5-9-19(20)17-11-13-18(14-12-17)23(21)15-16-7-3-2-4-8-16/h5-6,9-14,16H,2-4,7-8,15H2,1H3. The molecule has 1 fully saturated rings. The Morgan fingerprint density at radius 1 is 1.00 bits per heavy atom. The van der Waals surface area contributed by atoms with Gasteiger partial charge in [-0.15, -0.1) is 0 Å². The van der Waals surface area contributed by atoms with Gasteiger partial charge < -0.3 is 4.74 Å². The molecule has 0 amide bonds. The second kappa shape index (κ2) is 7.78. The Bertz CT molecular complexity index is 658. The van der Waals surface area contributed by atoms with E-state index in [9.17, 15) is 4.21 Å². The summed E-state index contributed by atoms with van der Waals surface area (Å²) in [6.07, 6.45) is 6.43. The molecule has 0 aromatic heterocycles. The van der Waals surface area contributed by atoms with Crippen LogP contribution in [-0.4, -0.2) is 17.1 Å². The highest BCUT2D eigenvalue weighted by Gasteiger charge is 2.17. The van der Waals surface area contributed by atoms with Crippen molar-refractivity contribution in [2.45, 2.75) is 37.0 Å². The van der Waals surface area contributed by atoms with Crippen LogP contribution < -0.4 is 4.74 Å². The number of para-hydroxylation sites is 1. The summed E-state index contributed by atoms with van der Waals surface area (Å²) in [5, 5.41) is 0. The number of benzene rings is 2. The van der Waals surface area contributed by atoms with Crippen molar-refractivity contribution in [1.82, 2.24) is 0 Å². The van der Waals surface area contributed by atoms with Crippen LogP contribution in [0.1, 0.15) is 32.1 Å². The van der Waals surface area contributed by atoms with Crippen LogP contribution in [0.2, 0.25) is 0 Å². The van der Waals surface area contributed by atoms with Crippen LogP contribution in [0.3, 0.4) is 0 Å². The van der Waals surface area contributed by atoms with Crippen LogP contribution in [-0.2, 0) is 10.8 Å². The molecule has 2 nitrogen and oxygen atoms in total. The van der Waals surface area contributed by atoms with Crippen molar-refractivity contribution in [3.63, 3.8) is 0 Å². The highest BCUT2D eigenvalue weighted by molar-refractivity contribution is 7.85. The lowest BCUT2D eigenvalue weighted by Gasteiger charge is -2.20. The lowest BCUT2D eigenvalue weighted by atomic mass is 9.91. The molecule has 0 heterocycles. The second-order valence-corrected chi connectivity index (χ2v) is 7.74. The number of rotatable bonds is 5. The van der Waals surface area contributed by atoms with Crippen molar-refractivity contribution in [2.75, 3.05) is 12.9 Å². The molecule has 0 spiro atoms. The van der Waals surface area contributed by atoms with Gasteiger partial charge in [0.05, 0.1) is 17.9 Å². The summed E-state index contributed by atoms with van der Waals surface area (Å²) in [4.78, 5) is 0.939. The molecule has 23 heavy (non-hydrogen) atoms. The zero-order valence-electron chi connectivity index (χ0n) is 13.7. The summed E-state index contributed by atoms with van der Waals surface area (Å²) in [6, 6.07) is 16.1. The summed E-state index contributed by atoms with van der Waals surface area (Å²) in [5.41, 5.74) is 2.17. The first-order valence-electron chi connectivity index (χ1n) is 8.40. The molecule has 0 bridgehead atoms.